The molecule has 0 radical (unpaired) electrons. The molecule has 1 aromatic heterocycles. The van der Waals surface area contributed by atoms with Crippen molar-refractivity contribution >= 4 is 17.5 Å². The van der Waals surface area contributed by atoms with Gasteiger partial charge in [0.2, 0.25) is 11.5 Å². The van der Waals surface area contributed by atoms with E-state index in [9.17, 15) is 14.4 Å². The molecule has 3 rings (SSSR count). The maximum Gasteiger partial charge on any atom is 0.256 e. The molecule has 1 N–H and O–H groups in total. The number of carbonyl (C=O) groups is 2. The van der Waals surface area contributed by atoms with Crippen LogP contribution >= 0.6 is 0 Å². The molecule has 0 bridgehead atoms. The van der Waals surface area contributed by atoms with Crippen molar-refractivity contribution in [2.75, 3.05) is 18.0 Å². The number of benzene rings is 1. The summed E-state index contributed by atoms with van der Waals surface area (Å²) in [4.78, 5) is 43.1. The van der Waals surface area contributed by atoms with Crippen LogP contribution in [0, 0.1) is 0 Å². The van der Waals surface area contributed by atoms with Crippen molar-refractivity contribution in [2.45, 2.75) is 26.3 Å². The fraction of sp³-hybridized carbons (Fsp3) is 0.316. The summed E-state index contributed by atoms with van der Waals surface area (Å²) in [5, 5.41) is 0. The topological polar surface area (TPSA) is 73.5 Å². The Morgan fingerprint density at radius 3 is 2.52 bits per heavy atom. The van der Waals surface area contributed by atoms with E-state index in [-0.39, 0.29) is 17.4 Å². The second-order valence-electron chi connectivity index (χ2n) is 6.07. The summed E-state index contributed by atoms with van der Waals surface area (Å²) in [6.07, 6.45) is 0.545. The highest BCUT2D eigenvalue weighted by atomic mass is 16.2. The van der Waals surface area contributed by atoms with Crippen molar-refractivity contribution in [2.24, 2.45) is 0 Å². The first-order valence-electron chi connectivity index (χ1n) is 8.42. The molecule has 0 aliphatic carbocycles. The lowest BCUT2D eigenvalue weighted by molar-refractivity contribution is -0.124. The van der Waals surface area contributed by atoms with Crippen LogP contribution in [0.1, 0.15) is 29.9 Å². The van der Waals surface area contributed by atoms with Crippen molar-refractivity contribution in [1.82, 2.24) is 9.88 Å². The number of hydrogen-bond acceptors (Lipinski definition) is 3. The maximum absolute atomic E-state index is 12.9. The van der Waals surface area contributed by atoms with Crippen LogP contribution in [0.25, 0.3) is 0 Å². The molecule has 1 saturated heterocycles. The van der Waals surface area contributed by atoms with Gasteiger partial charge in [-0.05, 0) is 31.5 Å². The average Bonchev–Trinajstić information content (AvgIpc) is 2.64. The first kappa shape index (κ1) is 17.0. The lowest BCUT2D eigenvalue weighted by atomic mass is 10.1. The molecular formula is C19H21N3O3. The van der Waals surface area contributed by atoms with Gasteiger partial charge in [-0.2, -0.15) is 0 Å². The van der Waals surface area contributed by atoms with Gasteiger partial charge in [-0.15, -0.1) is 0 Å². The number of para-hydroxylation sites is 1. The summed E-state index contributed by atoms with van der Waals surface area (Å²) in [5.74, 6) is -0.324. The second kappa shape index (κ2) is 6.93. The largest absolute Gasteiger partial charge is 0.325 e. The highest BCUT2D eigenvalue weighted by Gasteiger charge is 2.35. The molecule has 1 aromatic carbocycles. The predicted octanol–water partition coefficient (Wildman–Crippen LogP) is 1.81. The zero-order chi connectivity index (χ0) is 18.0. The molecule has 1 aliphatic rings. The van der Waals surface area contributed by atoms with E-state index in [0.717, 1.165) is 5.69 Å². The summed E-state index contributed by atoms with van der Waals surface area (Å²) in [7, 11) is 0. The standard InChI is InChI=1S/C19H21N3O3/c1-3-16-15(9-10-17(23)20-16)19(25)21-11-12-22(18(24)13(21)2)14-7-5-4-6-8-14/h4-10,13H,3,11-12H2,1-2H3,(H,20,23). The van der Waals surface area contributed by atoms with E-state index in [1.165, 1.54) is 6.07 Å². The molecule has 0 saturated carbocycles. The molecule has 1 atom stereocenters. The van der Waals surface area contributed by atoms with E-state index in [1.807, 2.05) is 37.3 Å². The number of H-pyrrole nitrogens is 1. The van der Waals surface area contributed by atoms with E-state index in [2.05, 4.69) is 4.98 Å². The Morgan fingerprint density at radius 1 is 1.12 bits per heavy atom. The van der Waals surface area contributed by atoms with Gasteiger partial charge in [-0.25, -0.2) is 0 Å². The molecule has 0 spiro atoms. The maximum atomic E-state index is 12.9. The third kappa shape index (κ3) is 3.20. The number of piperazine rings is 1. The first-order chi connectivity index (χ1) is 12.0. The molecule has 130 valence electrons. The molecule has 2 aromatic rings. The number of carbonyl (C=O) groups excluding carboxylic acids is 2. The molecule has 1 fully saturated rings. The van der Waals surface area contributed by atoms with Gasteiger partial charge < -0.3 is 14.8 Å². The highest BCUT2D eigenvalue weighted by molar-refractivity contribution is 6.03. The first-order valence-corrected chi connectivity index (χ1v) is 8.42. The van der Waals surface area contributed by atoms with Crippen LogP contribution in [0.4, 0.5) is 5.69 Å². The minimum absolute atomic E-state index is 0.103. The Morgan fingerprint density at radius 2 is 1.84 bits per heavy atom. The lowest BCUT2D eigenvalue weighted by Crippen LogP contribution is -2.58. The van der Waals surface area contributed by atoms with Crippen molar-refractivity contribution in [1.29, 1.82) is 0 Å². The molecule has 1 unspecified atom stereocenters. The molecule has 25 heavy (non-hydrogen) atoms. The Balaban J connectivity index is 1.85. The Labute approximate surface area is 146 Å². The highest BCUT2D eigenvalue weighted by Crippen LogP contribution is 2.22. The van der Waals surface area contributed by atoms with E-state index in [4.69, 9.17) is 0 Å². The SMILES string of the molecule is CCc1[nH]c(=O)ccc1C(=O)N1CCN(c2ccccc2)C(=O)C1C. The van der Waals surface area contributed by atoms with Crippen molar-refractivity contribution < 1.29 is 9.59 Å². The van der Waals surface area contributed by atoms with Crippen molar-refractivity contribution in [3.05, 3.63) is 64.1 Å². The van der Waals surface area contributed by atoms with E-state index in [1.54, 1.807) is 22.8 Å². The van der Waals surface area contributed by atoms with Gasteiger partial charge in [0.1, 0.15) is 6.04 Å². The number of aryl methyl sites for hydroxylation is 1. The summed E-state index contributed by atoms with van der Waals surface area (Å²) in [6, 6.07) is 11.8. The van der Waals surface area contributed by atoms with Gasteiger partial charge in [0.25, 0.3) is 5.91 Å². The number of nitrogens with zero attached hydrogens (tertiary/aromatic N) is 2. The van der Waals surface area contributed by atoms with Gasteiger partial charge in [-0.1, -0.05) is 25.1 Å². The molecule has 6 nitrogen and oxygen atoms in total. The third-order valence-corrected chi connectivity index (χ3v) is 4.57. The quantitative estimate of drug-likeness (QED) is 0.927. The van der Waals surface area contributed by atoms with Gasteiger partial charge in [0.05, 0.1) is 5.56 Å². The Bertz CT molecular complexity index is 844. The zero-order valence-electron chi connectivity index (χ0n) is 14.4. The Kier molecular flexibility index (Phi) is 4.70. The van der Waals surface area contributed by atoms with E-state index < -0.39 is 6.04 Å². The fourth-order valence-corrected chi connectivity index (χ4v) is 3.16. The smallest absolute Gasteiger partial charge is 0.256 e. The van der Waals surface area contributed by atoms with Crippen LogP contribution in [0.5, 0.6) is 0 Å². The number of aromatic nitrogens is 1. The average molecular weight is 339 g/mol. The van der Waals surface area contributed by atoms with Crippen LogP contribution in [0.2, 0.25) is 0 Å². The number of anilines is 1. The summed E-state index contributed by atoms with van der Waals surface area (Å²) < 4.78 is 0. The second-order valence-corrected chi connectivity index (χ2v) is 6.07. The number of amides is 2. The summed E-state index contributed by atoms with van der Waals surface area (Å²) >= 11 is 0. The van der Waals surface area contributed by atoms with Crippen molar-refractivity contribution in [3.63, 3.8) is 0 Å². The van der Waals surface area contributed by atoms with Crippen LogP contribution in [-0.4, -0.2) is 40.8 Å². The van der Waals surface area contributed by atoms with E-state index in [0.29, 0.717) is 30.8 Å². The molecule has 6 heteroatoms. The number of hydrogen-bond donors (Lipinski definition) is 1. The van der Waals surface area contributed by atoms with Gasteiger partial charge >= 0.3 is 0 Å². The number of rotatable bonds is 3. The fourth-order valence-electron chi connectivity index (χ4n) is 3.16. The molecule has 1 aliphatic heterocycles. The molecule has 2 heterocycles. The van der Waals surface area contributed by atoms with Crippen LogP contribution in [0.15, 0.2) is 47.3 Å². The Hall–Kier alpha value is -2.89. The van der Waals surface area contributed by atoms with Crippen LogP contribution in [-0.2, 0) is 11.2 Å². The van der Waals surface area contributed by atoms with Gasteiger partial charge in [-0.3, -0.25) is 14.4 Å². The van der Waals surface area contributed by atoms with Gasteiger partial charge in [0.15, 0.2) is 0 Å². The molecular weight excluding hydrogens is 318 g/mol. The minimum atomic E-state index is -0.557. The third-order valence-electron chi connectivity index (χ3n) is 4.57. The number of pyridine rings is 1. The lowest BCUT2D eigenvalue weighted by Gasteiger charge is -2.39. The number of aromatic amines is 1. The minimum Gasteiger partial charge on any atom is -0.325 e. The molecule has 2 amide bonds. The summed E-state index contributed by atoms with van der Waals surface area (Å²) in [5.41, 5.74) is 1.66. The van der Waals surface area contributed by atoms with Crippen LogP contribution < -0.4 is 10.5 Å². The normalized spacial score (nSPS) is 17.7. The number of nitrogens with one attached hydrogen (secondary N) is 1. The predicted molar refractivity (Wildman–Crippen MR) is 95.7 cm³/mol. The van der Waals surface area contributed by atoms with Gasteiger partial charge in [0, 0.05) is 30.5 Å². The van der Waals surface area contributed by atoms with Crippen molar-refractivity contribution in [3.8, 4) is 0 Å². The summed E-state index contributed by atoms with van der Waals surface area (Å²) in [6.45, 7) is 4.52. The van der Waals surface area contributed by atoms with E-state index >= 15 is 0 Å². The monoisotopic (exact) mass is 339 g/mol. The van der Waals surface area contributed by atoms with Crippen LogP contribution in [0.3, 0.4) is 0 Å². The zero-order valence-corrected chi connectivity index (χ0v) is 14.4.